The van der Waals surface area contributed by atoms with E-state index in [0.717, 1.165) is 6.42 Å². The summed E-state index contributed by atoms with van der Waals surface area (Å²) in [6.45, 7) is 6.59. The molecular formula is C14H22N2O. The fourth-order valence-corrected chi connectivity index (χ4v) is 1.63. The van der Waals surface area contributed by atoms with Gasteiger partial charge in [-0.1, -0.05) is 45.0 Å². The number of benzene rings is 1. The average Bonchev–Trinajstić information content (AvgIpc) is 2.26. The van der Waals surface area contributed by atoms with Crippen LogP contribution in [0, 0.1) is 0 Å². The molecular weight excluding hydrogens is 212 g/mol. The van der Waals surface area contributed by atoms with E-state index in [2.05, 4.69) is 55.9 Å². The molecule has 1 aromatic carbocycles. The first-order valence-electron chi connectivity index (χ1n) is 5.98. The van der Waals surface area contributed by atoms with Gasteiger partial charge in [0.15, 0.2) is 0 Å². The van der Waals surface area contributed by atoms with Crippen molar-refractivity contribution < 1.29 is 4.79 Å². The third-order valence-corrected chi connectivity index (χ3v) is 2.73. The van der Waals surface area contributed by atoms with E-state index in [1.54, 1.807) is 7.05 Å². The van der Waals surface area contributed by atoms with Gasteiger partial charge in [-0.3, -0.25) is 10.2 Å². The summed E-state index contributed by atoms with van der Waals surface area (Å²) in [6, 6.07) is 8.50. The molecule has 0 saturated carbocycles. The Kier molecular flexibility index (Phi) is 4.70. The molecule has 0 atom stereocenters. The smallest absolute Gasteiger partial charge is 0.234 e. The van der Waals surface area contributed by atoms with E-state index in [4.69, 9.17) is 0 Å². The van der Waals surface area contributed by atoms with Gasteiger partial charge in [-0.2, -0.15) is 0 Å². The minimum absolute atomic E-state index is 0.0207. The van der Waals surface area contributed by atoms with E-state index >= 15 is 0 Å². The number of hydrogen-bond donors (Lipinski definition) is 2. The van der Waals surface area contributed by atoms with E-state index in [1.165, 1.54) is 11.1 Å². The minimum atomic E-state index is 0.0207. The Labute approximate surface area is 104 Å². The summed E-state index contributed by atoms with van der Waals surface area (Å²) in [7, 11) is 1.69. The molecule has 0 aromatic heterocycles. The number of carbonyl (C=O) groups is 1. The lowest BCUT2D eigenvalue weighted by Crippen LogP contribution is -2.34. The first kappa shape index (κ1) is 13.7. The molecule has 3 nitrogen and oxygen atoms in total. The Bertz CT molecular complexity index is 363. The van der Waals surface area contributed by atoms with Crippen molar-refractivity contribution in [3.63, 3.8) is 0 Å². The highest BCUT2D eigenvalue weighted by Crippen LogP contribution is 2.22. The van der Waals surface area contributed by atoms with Gasteiger partial charge < -0.3 is 0 Å². The van der Waals surface area contributed by atoms with Crippen molar-refractivity contribution in [2.24, 2.45) is 0 Å². The Morgan fingerprint density at radius 2 is 1.76 bits per heavy atom. The topological polar surface area (TPSA) is 41.1 Å². The number of amides is 1. The van der Waals surface area contributed by atoms with Crippen LogP contribution in [-0.2, 0) is 16.6 Å². The summed E-state index contributed by atoms with van der Waals surface area (Å²) in [4.78, 5) is 11.3. The normalized spacial score (nSPS) is 11.3. The van der Waals surface area contributed by atoms with Crippen molar-refractivity contribution in [2.45, 2.75) is 39.0 Å². The lowest BCUT2D eigenvalue weighted by molar-refractivity contribution is -0.121. The third kappa shape index (κ3) is 4.57. The Morgan fingerprint density at radius 1 is 1.18 bits per heavy atom. The maximum Gasteiger partial charge on any atom is 0.234 e. The van der Waals surface area contributed by atoms with E-state index in [9.17, 15) is 4.79 Å². The van der Waals surface area contributed by atoms with Crippen molar-refractivity contribution in [1.82, 2.24) is 10.9 Å². The number of hydrogen-bond acceptors (Lipinski definition) is 2. The molecule has 0 saturated heterocycles. The van der Waals surface area contributed by atoms with Gasteiger partial charge in [0.25, 0.3) is 0 Å². The summed E-state index contributed by atoms with van der Waals surface area (Å²) in [6.07, 6.45) is 1.29. The van der Waals surface area contributed by atoms with E-state index < -0.39 is 0 Å². The molecule has 2 N–H and O–H groups in total. The van der Waals surface area contributed by atoms with Crippen LogP contribution in [0.2, 0.25) is 0 Å². The number of carbonyl (C=O) groups excluding carboxylic acids is 1. The van der Waals surface area contributed by atoms with Crippen LogP contribution in [0.3, 0.4) is 0 Å². The van der Waals surface area contributed by atoms with Crippen LogP contribution in [0.25, 0.3) is 0 Å². The van der Waals surface area contributed by atoms with Gasteiger partial charge in [0, 0.05) is 13.5 Å². The fraction of sp³-hybridized carbons (Fsp3) is 0.500. The van der Waals surface area contributed by atoms with Crippen molar-refractivity contribution >= 4 is 5.91 Å². The number of aryl methyl sites for hydroxylation is 1. The molecule has 0 aliphatic heterocycles. The van der Waals surface area contributed by atoms with Gasteiger partial charge in [0.05, 0.1) is 0 Å². The molecule has 3 heteroatoms. The molecule has 0 aliphatic carbocycles. The Balaban J connectivity index is 2.54. The largest absolute Gasteiger partial charge is 0.292 e. The molecule has 1 amide bonds. The van der Waals surface area contributed by atoms with Gasteiger partial charge in [0.2, 0.25) is 5.91 Å². The van der Waals surface area contributed by atoms with E-state index in [0.29, 0.717) is 6.42 Å². The van der Waals surface area contributed by atoms with Gasteiger partial charge in [-0.05, 0) is 23.0 Å². The maximum absolute atomic E-state index is 11.3. The highest BCUT2D eigenvalue weighted by Gasteiger charge is 2.12. The Hall–Kier alpha value is -1.35. The molecule has 0 aliphatic rings. The molecule has 1 aromatic rings. The second-order valence-electron chi connectivity index (χ2n) is 5.25. The van der Waals surface area contributed by atoms with Gasteiger partial charge in [-0.15, -0.1) is 0 Å². The highest BCUT2D eigenvalue weighted by molar-refractivity contribution is 5.75. The van der Waals surface area contributed by atoms with Crippen LogP contribution in [0.4, 0.5) is 0 Å². The molecule has 0 heterocycles. The first-order valence-corrected chi connectivity index (χ1v) is 5.98. The van der Waals surface area contributed by atoms with Gasteiger partial charge >= 0.3 is 0 Å². The zero-order chi connectivity index (χ0) is 12.9. The van der Waals surface area contributed by atoms with Crippen LogP contribution < -0.4 is 10.9 Å². The summed E-state index contributed by atoms with van der Waals surface area (Å²) < 4.78 is 0. The zero-order valence-corrected chi connectivity index (χ0v) is 11.1. The molecule has 17 heavy (non-hydrogen) atoms. The van der Waals surface area contributed by atoms with Crippen LogP contribution in [0.1, 0.15) is 38.3 Å². The molecule has 94 valence electrons. The molecule has 0 radical (unpaired) electrons. The number of nitrogens with one attached hydrogen (secondary N) is 2. The molecule has 0 unspecified atom stereocenters. The first-order chi connectivity index (χ1) is 7.93. The van der Waals surface area contributed by atoms with E-state index in [1.807, 2.05) is 0 Å². The lowest BCUT2D eigenvalue weighted by Gasteiger charge is -2.19. The van der Waals surface area contributed by atoms with Gasteiger partial charge in [-0.25, -0.2) is 5.43 Å². The predicted molar refractivity (Wildman–Crippen MR) is 70.7 cm³/mol. The van der Waals surface area contributed by atoms with Crippen LogP contribution in [0.5, 0.6) is 0 Å². The number of rotatable bonds is 4. The highest BCUT2D eigenvalue weighted by atomic mass is 16.2. The molecule has 0 spiro atoms. The SMILES string of the molecule is CNNC(=O)CCc1ccc(C(C)(C)C)cc1. The molecule has 1 rings (SSSR count). The van der Waals surface area contributed by atoms with Crippen molar-refractivity contribution in [3.05, 3.63) is 35.4 Å². The third-order valence-electron chi connectivity index (χ3n) is 2.73. The lowest BCUT2D eigenvalue weighted by atomic mass is 9.86. The second-order valence-corrected chi connectivity index (χ2v) is 5.25. The number of hydrazine groups is 1. The van der Waals surface area contributed by atoms with Crippen LogP contribution >= 0.6 is 0 Å². The predicted octanol–water partition coefficient (Wildman–Crippen LogP) is 2.17. The zero-order valence-electron chi connectivity index (χ0n) is 11.1. The quantitative estimate of drug-likeness (QED) is 0.784. The van der Waals surface area contributed by atoms with Crippen molar-refractivity contribution in [2.75, 3.05) is 7.05 Å². The standard InChI is InChI=1S/C14H22N2O/c1-14(2,3)12-8-5-11(6-9-12)7-10-13(17)16-15-4/h5-6,8-9,15H,7,10H2,1-4H3,(H,16,17). The summed E-state index contributed by atoms with van der Waals surface area (Å²) in [5, 5.41) is 0. The average molecular weight is 234 g/mol. The second kappa shape index (κ2) is 5.82. The Morgan fingerprint density at radius 3 is 2.24 bits per heavy atom. The van der Waals surface area contributed by atoms with Crippen LogP contribution in [0.15, 0.2) is 24.3 Å². The molecule has 0 bridgehead atoms. The summed E-state index contributed by atoms with van der Waals surface area (Å²) >= 11 is 0. The van der Waals surface area contributed by atoms with Gasteiger partial charge in [0.1, 0.15) is 0 Å². The van der Waals surface area contributed by atoms with Crippen molar-refractivity contribution in [1.29, 1.82) is 0 Å². The van der Waals surface area contributed by atoms with E-state index in [-0.39, 0.29) is 11.3 Å². The monoisotopic (exact) mass is 234 g/mol. The maximum atomic E-state index is 11.3. The molecule has 0 fully saturated rings. The fourth-order valence-electron chi connectivity index (χ4n) is 1.63. The minimum Gasteiger partial charge on any atom is -0.292 e. The van der Waals surface area contributed by atoms with Crippen molar-refractivity contribution in [3.8, 4) is 0 Å². The summed E-state index contributed by atoms with van der Waals surface area (Å²) in [5.41, 5.74) is 7.90. The van der Waals surface area contributed by atoms with Crippen LogP contribution in [-0.4, -0.2) is 13.0 Å². The summed E-state index contributed by atoms with van der Waals surface area (Å²) in [5.74, 6) is 0.0207.